The van der Waals surface area contributed by atoms with Crippen LogP contribution >= 0.6 is 10.5 Å². The molecular formula is C20H37F5OS. The van der Waals surface area contributed by atoms with E-state index in [1.165, 1.54) is 57.1 Å². The van der Waals surface area contributed by atoms with E-state index in [1.54, 1.807) is 0 Å². The zero-order valence-corrected chi connectivity index (χ0v) is 18.4. The lowest BCUT2D eigenvalue weighted by Gasteiger charge is -2.39. The van der Waals surface area contributed by atoms with E-state index in [0.29, 0.717) is 0 Å². The highest BCUT2D eigenvalue weighted by Crippen LogP contribution is 2.97. The zero-order chi connectivity index (χ0) is 21.6. The first-order valence-electron chi connectivity index (χ1n) is 9.82. The Hall–Kier alpha value is -0.980. The molecule has 1 aromatic rings. The Morgan fingerprint density at radius 2 is 1.11 bits per heavy atom. The lowest BCUT2D eigenvalue weighted by Crippen LogP contribution is -2.13. The van der Waals surface area contributed by atoms with E-state index in [1.807, 2.05) is 27.7 Å². The Morgan fingerprint density at radius 1 is 0.741 bits per heavy atom. The van der Waals surface area contributed by atoms with Crippen LogP contribution in [0, 0.1) is 0 Å². The van der Waals surface area contributed by atoms with Crippen molar-refractivity contribution in [1.29, 1.82) is 0 Å². The highest BCUT2D eigenvalue weighted by molar-refractivity contribution is 8.42. The van der Waals surface area contributed by atoms with Gasteiger partial charge in [0, 0.05) is 0 Å². The van der Waals surface area contributed by atoms with Crippen molar-refractivity contribution in [1.82, 2.24) is 0 Å². The first-order chi connectivity index (χ1) is 12.3. The molecular weight excluding hydrogens is 383 g/mol. The largest absolute Gasteiger partial charge is 0.435 e. The van der Waals surface area contributed by atoms with E-state index in [-0.39, 0.29) is 5.92 Å². The minimum absolute atomic E-state index is 0.106. The fourth-order valence-electron chi connectivity index (χ4n) is 2.12. The van der Waals surface area contributed by atoms with Crippen LogP contribution < -0.4 is 4.18 Å². The lowest BCUT2D eigenvalue weighted by molar-refractivity contribution is 0.243. The van der Waals surface area contributed by atoms with Crippen molar-refractivity contribution in [3.8, 4) is 5.75 Å². The van der Waals surface area contributed by atoms with Crippen LogP contribution in [0.3, 0.4) is 0 Å². The standard InChI is InChI=1S/C9H11F5OS.C9H20.C2H6/c1-7(2)8-3-5-9(6-4-8)15-16(10,11,12,13)14;1-3-5-7-9-8-6-4-2;1-2/h3-7H,1-2H3;3-9H2,1-2H3;1-2H3. The van der Waals surface area contributed by atoms with Gasteiger partial charge in [0.15, 0.2) is 0 Å². The molecule has 0 aromatic heterocycles. The third-order valence-corrected chi connectivity index (χ3v) is 4.02. The molecule has 1 nitrogen and oxygen atoms in total. The maximum atomic E-state index is 11.9. The maximum absolute atomic E-state index is 11.9. The summed E-state index contributed by atoms with van der Waals surface area (Å²) in [4.78, 5) is 0. The fraction of sp³-hybridized carbons (Fsp3) is 0.700. The van der Waals surface area contributed by atoms with Gasteiger partial charge in [-0.2, -0.15) is 0 Å². The van der Waals surface area contributed by atoms with Gasteiger partial charge in [-0.05, 0) is 23.6 Å². The van der Waals surface area contributed by atoms with Gasteiger partial charge in [-0.25, -0.2) is 0 Å². The van der Waals surface area contributed by atoms with Crippen LogP contribution in [-0.2, 0) is 0 Å². The summed E-state index contributed by atoms with van der Waals surface area (Å²) in [6, 6.07) is 4.41. The van der Waals surface area contributed by atoms with Crippen LogP contribution in [-0.4, -0.2) is 0 Å². The minimum atomic E-state index is -9.84. The first-order valence-corrected chi connectivity index (χ1v) is 11.7. The van der Waals surface area contributed by atoms with E-state index >= 15 is 0 Å². The monoisotopic (exact) mass is 420 g/mol. The molecule has 0 aliphatic carbocycles. The molecule has 7 heteroatoms. The van der Waals surface area contributed by atoms with Crippen molar-refractivity contribution in [3.63, 3.8) is 0 Å². The van der Waals surface area contributed by atoms with Crippen molar-refractivity contribution in [2.45, 2.75) is 92.4 Å². The van der Waals surface area contributed by atoms with E-state index in [0.717, 1.165) is 17.7 Å². The Bertz CT molecular complexity index is 477. The van der Waals surface area contributed by atoms with Gasteiger partial charge < -0.3 is 4.18 Å². The summed E-state index contributed by atoms with van der Waals surface area (Å²) in [7, 11) is -9.84. The van der Waals surface area contributed by atoms with Crippen LogP contribution in [0.2, 0.25) is 0 Å². The summed E-state index contributed by atoms with van der Waals surface area (Å²) in [6.07, 6.45) is 9.97. The Labute approximate surface area is 162 Å². The second-order valence-corrected chi connectivity index (χ2v) is 8.44. The number of halogens is 5. The molecule has 0 saturated carbocycles. The van der Waals surface area contributed by atoms with Crippen LogP contribution in [0.5, 0.6) is 5.75 Å². The molecule has 0 spiro atoms. The second kappa shape index (κ2) is 11.8. The number of rotatable bonds is 9. The van der Waals surface area contributed by atoms with Crippen LogP contribution in [0.25, 0.3) is 0 Å². The molecule has 0 aliphatic heterocycles. The zero-order valence-electron chi connectivity index (χ0n) is 17.5. The van der Waals surface area contributed by atoms with E-state index in [2.05, 4.69) is 18.0 Å². The summed E-state index contributed by atoms with van der Waals surface area (Å²) in [5.74, 6) is -0.794. The predicted molar refractivity (Wildman–Crippen MR) is 109 cm³/mol. The smallest absolute Gasteiger partial charge is 0.355 e. The van der Waals surface area contributed by atoms with Crippen molar-refractivity contribution >= 4 is 10.5 Å². The predicted octanol–water partition coefficient (Wildman–Crippen LogP) is 10.2. The molecule has 0 saturated heterocycles. The van der Waals surface area contributed by atoms with Gasteiger partial charge in [0.2, 0.25) is 0 Å². The molecule has 0 bridgehead atoms. The molecule has 0 radical (unpaired) electrons. The minimum Gasteiger partial charge on any atom is -0.355 e. The number of hydrogen-bond donors (Lipinski definition) is 0. The molecule has 27 heavy (non-hydrogen) atoms. The van der Waals surface area contributed by atoms with E-state index in [9.17, 15) is 19.4 Å². The van der Waals surface area contributed by atoms with Crippen LogP contribution in [0.15, 0.2) is 24.3 Å². The van der Waals surface area contributed by atoms with E-state index < -0.39 is 16.3 Å². The molecule has 1 rings (SSSR count). The average Bonchev–Trinajstić information content (AvgIpc) is 2.55. The van der Waals surface area contributed by atoms with Gasteiger partial charge in [0.05, 0.1) is 0 Å². The van der Waals surface area contributed by atoms with Gasteiger partial charge in [-0.1, -0.05) is 118 Å². The maximum Gasteiger partial charge on any atom is 0.435 e. The highest BCUT2D eigenvalue weighted by Gasteiger charge is 2.67. The van der Waals surface area contributed by atoms with Crippen LogP contribution in [0.1, 0.15) is 98.0 Å². The molecule has 1 aromatic carbocycles. The summed E-state index contributed by atoms with van der Waals surface area (Å²) >= 11 is 0. The average molecular weight is 421 g/mol. The van der Waals surface area contributed by atoms with Crippen molar-refractivity contribution < 1.29 is 23.6 Å². The van der Waals surface area contributed by atoms with Gasteiger partial charge in [-0.3, -0.25) is 0 Å². The van der Waals surface area contributed by atoms with E-state index in [4.69, 9.17) is 0 Å². The summed E-state index contributed by atoms with van der Waals surface area (Å²) < 4.78 is 62.6. The van der Waals surface area contributed by atoms with Crippen molar-refractivity contribution in [2.24, 2.45) is 0 Å². The van der Waals surface area contributed by atoms with Gasteiger partial charge in [0.25, 0.3) is 0 Å². The van der Waals surface area contributed by atoms with Crippen molar-refractivity contribution in [3.05, 3.63) is 29.8 Å². The molecule has 0 aliphatic rings. The summed E-state index contributed by atoms with van der Waals surface area (Å²) in [6.45, 7) is 12.2. The van der Waals surface area contributed by atoms with Gasteiger partial charge >= 0.3 is 10.5 Å². The molecule has 0 heterocycles. The molecule has 164 valence electrons. The normalized spacial score (nSPS) is 13.5. The molecule has 0 fully saturated rings. The molecule has 0 N–H and O–H groups in total. The Kier molecular flexibility index (Phi) is 12.3. The Balaban J connectivity index is 0. The fourth-order valence-corrected chi connectivity index (χ4v) is 2.60. The highest BCUT2D eigenvalue weighted by atomic mass is 32.5. The number of hydrogen-bond acceptors (Lipinski definition) is 1. The quantitative estimate of drug-likeness (QED) is 0.285. The van der Waals surface area contributed by atoms with Crippen molar-refractivity contribution in [2.75, 3.05) is 0 Å². The summed E-state index contributed by atoms with van der Waals surface area (Å²) in [5, 5.41) is 0. The van der Waals surface area contributed by atoms with Gasteiger partial charge in [-0.15, -0.1) is 0 Å². The van der Waals surface area contributed by atoms with Crippen LogP contribution in [0.4, 0.5) is 19.4 Å². The lowest BCUT2D eigenvalue weighted by atomic mass is 10.0. The third kappa shape index (κ3) is 19.6. The number of benzene rings is 1. The number of unbranched alkanes of at least 4 members (excludes halogenated alkanes) is 6. The molecule has 0 amide bonds. The summed E-state index contributed by atoms with van der Waals surface area (Å²) in [5.41, 5.74) is 0.745. The second-order valence-electron chi connectivity index (χ2n) is 6.47. The first kappa shape index (κ1) is 28.2. The Morgan fingerprint density at radius 3 is 1.41 bits per heavy atom. The SMILES string of the molecule is CC.CC(C)c1ccc(OS(F)(F)(F)(F)F)cc1.CCCCCCCCC. The topological polar surface area (TPSA) is 9.23 Å². The molecule has 0 unspecified atom stereocenters. The third-order valence-electron chi connectivity index (χ3n) is 3.51. The molecule has 0 atom stereocenters. The van der Waals surface area contributed by atoms with Gasteiger partial charge in [0.1, 0.15) is 5.75 Å².